The van der Waals surface area contributed by atoms with E-state index in [1.54, 1.807) is 24.0 Å². The van der Waals surface area contributed by atoms with E-state index in [0.717, 1.165) is 17.7 Å². The van der Waals surface area contributed by atoms with E-state index in [0.29, 0.717) is 59.4 Å². The Morgan fingerprint density at radius 2 is 1.91 bits per heavy atom. The molecule has 0 radical (unpaired) electrons. The van der Waals surface area contributed by atoms with Crippen LogP contribution in [0.3, 0.4) is 0 Å². The van der Waals surface area contributed by atoms with Gasteiger partial charge in [0.25, 0.3) is 5.91 Å². The van der Waals surface area contributed by atoms with Gasteiger partial charge in [0.2, 0.25) is 0 Å². The van der Waals surface area contributed by atoms with Crippen LogP contribution < -0.4 is 0 Å². The number of amides is 1. The highest BCUT2D eigenvalue weighted by atomic mass is 35.5. The van der Waals surface area contributed by atoms with Gasteiger partial charge in [-0.2, -0.15) is 13.2 Å². The van der Waals surface area contributed by atoms with Gasteiger partial charge in [-0.25, -0.2) is 0 Å². The van der Waals surface area contributed by atoms with Gasteiger partial charge in [-0.1, -0.05) is 30.1 Å². The molecule has 0 saturated carbocycles. The molecule has 2 aromatic carbocycles. The van der Waals surface area contributed by atoms with Crippen LogP contribution in [0.25, 0.3) is 0 Å². The first kappa shape index (κ1) is 23.1. The first-order valence-corrected chi connectivity index (χ1v) is 11.0. The van der Waals surface area contributed by atoms with Crippen LogP contribution in [0.2, 0.25) is 10.0 Å². The summed E-state index contributed by atoms with van der Waals surface area (Å²) in [6, 6.07) is 5.44. The molecule has 1 fully saturated rings. The summed E-state index contributed by atoms with van der Waals surface area (Å²) in [7, 11) is 0. The van der Waals surface area contributed by atoms with Crippen molar-refractivity contribution in [1.29, 1.82) is 0 Å². The van der Waals surface area contributed by atoms with Gasteiger partial charge in [0.15, 0.2) is 0 Å². The normalized spacial score (nSPS) is 18.5. The van der Waals surface area contributed by atoms with Gasteiger partial charge in [0.1, 0.15) is 0 Å². The summed E-state index contributed by atoms with van der Waals surface area (Å²) in [5.41, 5.74) is 2.43. The van der Waals surface area contributed by atoms with Crippen molar-refractivity contribution < 1.29 is 22.7 Å². The molecule has 0 aliphatic carbocycles. The minimum atomic E-state index is -4.44. The lowest BCUT2D eigenvalue weighted by molar-refractivity contribution is -0.137. The molecule has 0 aromatic heterocycles. The second kappa shape index (κ2) is 8.69. The van der Waals surface area contributed by atoms with E-state index in [9.17, 15) is 18.0 Å². The van der Waals surface area contributed by atoms with Gasteiger partial charge in [-0.3, -0.25) is 9.79 Å². The second-order valence-electron chi connectivity index (χ2n) is 8.02. The van der Waals surface area contributed by atoms with E-state index in [4.69, 9.17) is 27.9 Å². The number of aryl methyl sites for hydroxylation is 1. The Balaban J connectivity index is 1.66. The predicted molar refractivity (Wildman–Crippen MR) is 119 cm³/mol. The third-order valence-electron chi connectivity index (χ3n) is 5.96. The summed E-state index contributed by atoms with van der Waals surface area (Å²) in [5, 5.41) is 0.625. The summed E-state index contributed by atoms with van der Waals surface area (Å²) in [5.74, 6) is -0.399. The molecular formula is C23H21Cl2F3N2O2. The molecule has 4 rings (SSSR count). The summed E-state index contributed by atoms with van der Waals surface area (Å²) < 4.78 is 45.0. The van der Waals surface area contributed by atoms with E-state index >= 15 is 0 Å². The number of alkyl halides is 3. The van der Waals surface area contributed by atoms with Crippen LogP contribution in [-0.4, -0.2) is 42.8 Å². The molecule has 2 aliphatic heterocycles. The maximum atomic E-state index is 13.2. The first-order chi connectivity index (χ1) is 15.1. The number of hydrogen-bond donors (Lipinski definition) is 0. The molecule has 1 amide bonds. The molecule has 32 heavy (non-hydrogen) atoms. The van der Waals surface area contributed by atoms with Crippen LogP contribution in [0, 0.1) is 6.92 Å². The number of hydrogen-bond acceptors (Lipinski definition) is 3. The average Bonchev–Trinajstić information content (AvgIpc) is 3.06. The molecule has 170 valence electrons. The van der Waals surface area contributed by atoms with Gasteiger partial charge in [0.05, 0.1) is 35.1 Å². The smallest absolute Gasteiger partial charge is 0.378 e. The fraction of sp³-hybridized carbons (Fsp3) is 0.391. The Labute approximate surface area is 194 Å². The van der Waals surface area contributed by atoms with E-state index in [1.807, 2.05) is 6.92 Å². The predicted octanol–water partition coefficient (Wildman–Crippen LogP) is 6.23. The van der Waals surface area contributed by atoms with Gasteiger partial charge >= 0.3 is 6.18 Å². The van der Waals surface area contributed by atoms with Crippen LogP contribution in [0.4, 0.5) is 18.9 Å². The second-order valence-corrected chi connectivity index (χ2v) is 8.80. The van der Waals surface area contributed by atoms with E-state index in [1.165, 1.54) is 0 Å². The lowest BCUT2D eigenvalue weighted by Crippen LogP contribution is -2.40. The van der Waals surface area contributed by atoms with Gasteiger partial charge in [-0.05, 0) is 47.9 Å². The SMILES string of the molecule is Cc1cc(C(F)(F)F)cc2c1C(C)C(Cc1c(Cl)ccc(C(=O)N3CCOCC3)c1Cl)=N2. The number of nitrogens with zero attached hydrogens (tertiary/aromatic N) is 2. The first-order valence-electron chi connectivity index (χ1n) is 10.2. The van der Waals surface area contributed by atoms with Crippen molar-refractivity contribution in [3.63, 3.8) is 0 Å². The van der Waals surface area contributed by atoms with Gasteiger partial charge in [0, 0.05) is 36.2 Å². The summed E-state index contributed by atoms with van der Waals surface area (Å²) in [6.45, 7) is 5.45. The van der Waals surface area contributed by atoms with Gasteiger partial charge in [-0.15, -0.1) is 0 Å². The lowest BCUT2D eigenvalue weighted by Gasteiger charge is -2.27. The molecule has 2 heterocycles. The monoisotopic (exact) mass is 484 g/mol. The minimum Gasteiger partial charge on any atom is -0.378 e. The van der Waals surface area contributed by atoms with Crippen molar-refractivity contribution >= 4 is 40.5 Å². The molecule has 0 spiro atoms. The topological polar surface area (TPSA) is 41.9 Å². The minimum absolute atomic E-state index is 0.196. The van der Waals surface area contributed by atoms with Crippen molar-refractivity contribution in [2.45, 2.75) is 32.4 Å². The van der Waals surface area contributed by atoms with Crippen LogP contribution in [0.15, 0.2) is 29.3 Å². The highest BCUT2D eigenvalue weighted by molar-refractivity contribution is 6.38. The summed E-state index contributed by atoms with van der Waals surface area (Å²) in [6.07, 6.45) is -4.21. The highest BCUT2D eigenvalue weighted by Gasteiger charge is 2.35. The maximum absolute atomic E-state index is 13.2. The van der Waals surface area contributed by atoms with Crippen LogP contribution >= 0.6 is 23.2 Å². The number of fused-ring (bicyclic) bond motifs is 1. The molecule has 9 heteroatoms. The number of ether oxygens (including phenoxy) is 1. The molecule has 4 nitrogen and oxygen atoms in total. The van der Waals surface area contributed by atoms with Crippen molar-refractivity contribution in [1.82, 2.24) is 4.90 Å². The fourth-order valence-electron chi connectivity index (χ4n) is 4.25. The third-order valence-corrected chi connectivity index (χ3v) is 6.75. The standard InChI is InChI=1S/C23H21Cl2F3N2O2/c1-12-9-14(23(26,27)28)10-19-20(12)13(2)18(29-19)11-16-17(24)4-3-15(21(16)25)22(31)30-5-7-32-8-6-30/h3-4,9-10,13H,5-8,11H2,1-2H3. The molecule has 1 saturated heterocycles. The molecule has 2 aliphatic rings. The number of halogens is 5. The Morgan fingerprint density at radius 3 is 2.56 bits per heavy atom. The number of carbonyl (C=O) groups excluding carboxylic acids is 1. The third kappa shape index (κ3) is 4.26. The average molecular weight is 485 g/mol. The maximum Gasteiger partial charge on any atom is 0.416 e. The summed E-state index contributed by atoms with van der Waals surface area (Å²) in [4.78, 5) is 19.1. The number of morpholine rings is 1. The van der Waals surface area contributed by atoms with Crippen LogP contribution in [0.1, 0.15) is 45.5 Å². The van der Waals surface area contributed by atoms with Crippen molar-refractivity contribution in [3.8, 4) is 0 Å². The zero-order chi connectivity index (χ0) is 23.2. The Kier molecular flexibility index (Phi) is 6.27. The quantitative estimate of drug-likeness (QED) is 0.518. The number of benzene rings is 2. The zero-order valence-corrected chi connectivity index (χ0v) is 19.0. The molecule has 1 unspecified atom stereocenters. The van der Waals surface area contributed by atoms with Crippen molar-refractivity contribution in [3.05, 3.63) is 62.1 Å². The lowest BCUT2D eigenvalue weighted by atomic mass is 9.89. The van der Waals surface area contributed by atoms with Crippen LogP contribution in [0.5, 0.6) is 0 Å². The summed E-state index contributed by atoms with van der Waals surface area (Å²) >= 11 is 13.0. The van der Waals surface area contributed by atoms with Crippen molar-refractivity contribution in [2.24, 2.45) is 4.99 Å². The van der Waals surface area contributed by atoms with Gasteiger partial charge < -0.3 is 9.64 Å². The molecular weight excluding hydrogens is 464 g/mol. The van der Waals surface area contributed by atoms with Crippen molar-refractivity contribution in [2.75, 3.05) is 26.3 Å². The van der Waals surface area contributed by atoms with E-state index in [-0.39, 0.29) is 23.3 Å². The number of rotatable bonds is 3. The number of carbonyl (C=O) groups is 1. The molecule has 0 bridgehead atoms. The van der Waals surface area contributed by atoms with Crippen LogP contribution in [-0.2, 0) is 17.3 Å². The molecule has 2 aromatic rings. The van der Waals surface area contributed by atoms with E-state index < -0.39 is 11.7 Å². The number of aliphatic imine (C=N–C) groups is 1. The Hall–Kier alpha value is -2.09. The highest BCUT2D eigenvalue weighted by Crippen LogP contribution is 2.43. The zero-order valence-electron chi connectivity index (χ0n) is 17.5. The largest absolute Gasteiger partial charge is 0.416 e. The van der Waals surface area contributed by atoms with E-state index in [2.05, 4.69) is 4.99 Å². The molecule has 0 N–H and O–H groups in total. The Morgan fingerprint density at radius 1 is 1.22 bits per heavy atom. The fourth-order valence-corrected chi connectivity index (χ4v) is 4.84. The Bertz CT molecular complexity index is 1110. The molecule has 1 atom stereocenters.